The van der Waals surface area contributed by atoms with Gasteiger partial charge in [0, 0.05) is 30.4 Å². The van der Waals surface area contributed by atoms with Crippen LogP contribution in [0.15, 0.2) is 66.9 Å². The van der Waals surface area contributed by atoms with Gasteiger partial charge in [-0.15, -0.1) is 0 Å². The summed E-state index contributed by atoms with van der Waals surface area (Å²) >= 11 is 0. The number of hydrogen-bond acceptors (Lipinski definition) is 3. The molecule has 1 aliphatic heterocycles. The van der Waals surface area contributed by atoms with E-state index in [0.717, 1.165) is 43.0 Å². The summed E-state index contributed by atoms with van der Waals surface area (Å²) < 4.78 is 1.97. The van der Waals surface area contributed by atoms with Gasteiger partial charge in [-0.1, -0.05) is 48.5 Å². The third kappa shape index (κ3) is 3.57. The molecule has 1 aliphatic rings. The summed E-state index contributed by atoms with van der Waals surface area (Å²) in [6, 6.07) is 20.6. The molecular weight excluding hydrogens is 322 g/mol. The van der Waals surface area contributed by atoms with E-state index < -0.39 is 0 Å². The number of hydrogen-bond donors (Lipinski definition) is 1. The normalized spacial score (nSPS) is 18.9. The zero-order valence-corrected chi connectivity index (χ0v) is 15.1. The Bertz CT molecular complexity index is 842. The van der Waals surface area contributed by atoms with Gasteiger partial charge in [0.25, 0.3) is 0 Å². The maximum absolute atomic E-state index is 9.88. The minimum absolute atomic E-state index is 0.236. The number of aromatic nitrogens is 2. The molecule has 2 unspecified atom stereocenters. The Morgan fingerprint density at radius 2 is 1.77 bits per heavy atom. The van der Waals surface area contributed by atoms with Gasteiger partial charge in [-0.25, -0.2) is 4.68 Å². The van der Waals surface area contributed by atoms with Crippen LogP contribution in [0.5, 0.6) is 0 Å². The summed E-state index contributed by atoms with van der Waals surface area (Å²) in [5.41, 5.74) is 4.48. The van der Waals surface area contributed by atoms with Crippen LogP contribution in [0.25, 0.3) is 16.9 Å². The SMILES string of the molecule is CC(O)C1CCN(Cc2cn(-c3ccccc3)nc2-c2ccccc2)C1. The van der Waals surface area contributed by atoms with Crippen LogP contribution in [0.4, 0.5) is 0 Å². The minimum Gasteiger partial charge on any atom is -0.393 e. The van der Waals surface area contributed by atoms with E-state index in [1.54, 1.807) is 0 Å². The first-order valence-electron chi connectivity index (χ1n) is 9.30. The summed E-state index contributed by atoms with van der Waals surface area (Å²) in [6.45, 7) is 4.74. The Labute approximate surface area is 154 Å². The van der Waals surface area contributed by atoms with Gasteiger partial charge in [0.1, 0.15) is 0 Å². The third-order valence-corrected chi connectivity index (χ3v) is 5.24. The predicted octanol–water partition coefficient (Wildman–Crippen LogP) is 3.74. The van der Waals surface area contributed by atoms with Crippen molar-refractivity contribution in [3.05, 3.63) is 72.4 Å². The second-order valence-corrected chi connectivity index (χ2v) is 7.17. The molecule has 0 spiro atoms. The molecule has 1 fully saturated rings. The van der Waals surface area contributed by atoms with Crippen LogP contribution in [-0.2, 0) is 6.54 Å². The second-order valence-electron chi connectivity index (χ2n) is 7.17. The Balaban J connectivity index is 1.65. The molecule has 1 saturated heterocycles. The zero-order chi connectivity index (χ0) is 17.9. The number of aliphatic hydroxyl groups is 1. The molecule has 4 heteroatoms. The van der Waals surface area contributed by atoms with Crippen LogP contribution in [0.2, 0.25) is 0 Å². The van der Waals surface area contributed by atoms with Gasteiger partial charge in [-0.2, -0.15) is 5.10 Å². The first kappa shape index (κ1) is 17.0. The Hall–Kier alpha value is -2.43. The first-order chi connectivity index (χ1) is 12.7. The van der Waals surface area contributed by atoms with Gasteiger partial charge in [-0.3, -0.25) is 4.90 Å². The molecule has 1 N–H and O–H groups in total. The highest BCUT2D eigenvalue weighted by atomic mass is 16.3. The molecule has 134 valence electrons. The zero-order valence-electron chi connectivity index (χ0n) is 15.1. The van der Waals surface area contributed by atoms with Crippen molar-refractivity contribution in [1.29, 1.82) is 0 Å². The molecule has 4 nitrogen and oxygen atoms in total. The topological polar surface area (TPSA) is 41.3 Å². The van der Waals surface area contributed by atoms with Crippen molar-refractivity contribution in [3.8, 4) is 16.9 Å². The largest absolute Gasteiger partial charge is 0.393 e. The molecule has 2 aromatic carbocycles. The van der Waals surface area contributed by atoms with E-state index >= 15 is 0 Å². The lowest BCUT2D eigenvalue weighted by atomic mass is 10.0. The van der Waals surface area contributed by atoms with E-state index in [-0.39, 0.29) is 6.10 Å². The predicted molar refractivity (Wildman–Crippen MR) is 104 cm³/mol. The summed E-state index contributed by atoms with van der Waals surface area (Å²) in [7, 11) is 0. The second kappa shape index (κ2) is 7.44. The van der Waals surface area contributed by atoms with Crippen molar-refractivity contribution in [1.82, 2.24) is 14.7 Å². The fraction of sp³-hybridized carbons (Fsp3) is 0.318. The average molecular weight is 347 g/mol. The van der Waals surface area contributed by atoms with Crippen LogP contribution in [-0.4, -0.2) is 39.0 Å². The van der Waals surface area contributed by atoms with Gasteiger partial charge in [0.2, 0.25) is 0 Å². The highest BCUT2D eigenvalue weighted by molar-refractivity contribution is 5.63. The van der Waals surface area contributed by atoms with E-state index in [4.69, 9.17) is 5.10 Å². The van der Waals surface area contributed by atoms with Gasteiger partial charge >= 0.3 is 0 Å². The molecule has 0 aliphatic carbocycles. The summed E-state index contributed by atoms with van der Waals surface area (Å²) in [5.74, 6) is 0.374. The van der Waals surface area contributed by atoms with Crippen molar-refractivity contribution in [2.45, 2.75) is 26.0 Å². The van der Waals surface area contributed by atoms with Crippen LogP contribution < -0.4 is 0 Å². The first-order valence-corrected chi connectivity index (χ1v) is 9.30. The summed E-state index contributed by atoms with van der Waals surface area (Å²) in [4.78, 5) is 2.43. The van der Waals surface area contributed by atoms with E-state index in [1.807, 2.05) is 35.9 Å². The van der Waals surface area contributed by atoms with Crippen molar-refractivity contribution >= 4 is 0 Å². The number of para-hydroxylation sites is 1. The fourth-order valence-electron chi connectivity index (χ4n) is 3.72. The lowest BCUT2D eigenvalue weighted by molar-refractivity contribution is 0.127. The molecule has 0 radical (unpaired) electrons. The van der Waals surface area contributed by atoms with E-state index in [9.17, 15) is 5.11 Å². The maximum atomic E-state index is 9.88. The molecule has 1 aromatic heterocycles. The molecule has 2 atom stereocenters. The molecule has 3 aromatic rings. The Morgan fingerprint density at radius 1 is 1.08 bits per heavy atom. The minimum atomic E-state index is -0.236. The highest BCUT2D eigenvalue weighted by Gasteiger charge is 2.27. The van der Waals surface area contributed by atoms with E-state index in [1.165, 1.54) is 5.56 Å². The number of rotatable bonds is 5. The number of likely N-dealkylation sites (tertiary alicyclic amines) is 1. The Kier molecular flexibility index (Phi) is 4.87. The fourth-order valence-corrected chi connectivity index (χ4v) is 3.72. The lowest BCUT2D eigenvalue weighted by Gasteiger charge is -2.17. The van der Waals surface area contributed by atoms with Crippen LogP contribution in [0, 0.1) is 5.92 Å². The van der Waals surface area contributed by atoms with Crippen molar-refractivity contribution in [3.63, 3.8) is 0 Å². The molecule has 26 heavy (non-hydrogen) atoms. The van der Waals surface area contributed by atoms with Crippen molar-refractivity contribution < 1.29 is 5.11 Å². The average Bonchev–Trinajstić information content (AvgIpc) is 3.31. The highest BCUT2D eigenvalue weighted by Crippen LogP contribution is 2.27. The Morgan fingerprint density at radius 3 is 2.42 bits per heavy atom. The van der Waals surface area contributed by atoms with Crippen molar-refractivity contribution in [2.75, 3.05) is 13.1 Å². The standard InChI is InChI=1S/C22H25N3O/c1-17(26)19-12-13-24(14-19)15-20-16-25(21-10-6-3-7-11-21)23-22(20)18-8-4-2-5-9-18/h2-11,16-17,19,26H,12-15H2,1H3. The molecular formula is C22H25N3O. The number of aliphatic hydroxyl groups excluding tert-OH is 1. The van der Waals surface area contributed by atoms with Crippen LogP contribution >= 0.6 is 0 Å². The number of benzene rings is 2. The molecule has 0 bridgehead atoms. The third-order valence-electron chi connectivity index (χ3n) is 5.24. The van der Waals surface area contributed by atoms with Gasteiger partial charge in [-0.05, 0) is 37.9 Å². The van der Waals surface area contributed by atoms with Crippen LogP contribution in [0.3, 0.4) is 0 Å². The molecule has 4 rings (SSSR count). The monoisotopic (exact) mass is 347 g/mol. The number of nitrogens with zero attached hydrogens (tertiary/aromatic N) is 3. The van der Waals surface area contributed by atoms with Crippen molar-refractivity contribution in [2.24, 2.45) is 5.92 Å². The smallest absolute Gasteiger partial charge is 0.0972 e. The molecule has 0 saturated carbocycles. The molecule has 0 amide bonds. The van der Waals surface area contributed by atoms with E-state index in [0.29, 0.717) is 5.92 Å². The van der Waals surface area contributed by atoms with Gasteiger partial charge in [0.15, 0.2) is 0 Å². The summed E-state index contributed by atoms with van der Waals surface area (Å²) in [5, 5.41) is 14.8. The van der Waals surface area contributed by atoms with Crippen LogP contribution in [0.1, 0.15) is 18.9 Å². The summed E-state index contributed by atoms with van der Waals surface area (Å²) in [6.07, 6.45) is 2.97. The van der Waals surface area contributed by atoms with E-state index in [2.05, 4.69) is 47.5 Å². The maximum Gasteiger partial charge on any atom is 0.0972 e. The van der Waals surface area contributed by atoms with Gasteiger partial charge in [0.05, 0.1) is 17.5 Å². The van der Waals surface area contributed by atoms with Gasteiger partial charge < -0.3 is 5.11 Å². The quantitative estimate of drug-likeness (QED) is 0.764. The molecule has 2 heterocycles. The lowest BCUT2D eigenvalue weighted by Crippen LogP contribution is -2.24.